The van der Waals surface area contributed by atoms with Gasteiger partial charge in [0.1, 0.15) is 0 Å². The van der Waals surface area contributed by atoms with Crippen molar-refractivity contribution < 1.29 is 4.74 Å². The summed E-state index contributed by atoms with van der Waals surface area (Å²) >= 11 is 0. The fraction of sp³-hybridized carbons (Fsp3) is 1.00. The van der Waals surface area contributed by atoms with Crippen LogP contribution in [-0.4, -0.2) is 50.3 Å². The van der Waals surface area contributed by atoms with Gasteiger partial charge in [0.2, 0.25) is 0 Å². The lowest BCUT2D eigenvalue weighted by Crippen LogP contribution is -2.33. The number of nitrogens with one attached hydrogen (secondary N) is 1. The van der Waals surface area contributed by atoms with E-state index in [0.29, 0.717) is 6.04 Å². The minimum absolute atomic E-state index is 0.715. The third-order valence-corrected chi connectivity index (χ3v) is 3.90. The van der Waals surface area contributed by atoms with Gasteiger partial charge in [-0.2, -0.15) is 0 Å². The van der Waals surface area contributed by atoms with Crippen LogP contribution in [0, 0.1) is 5.92 Å². The van der Waals surface area contributed by atoms with Gasteiger partial charge in [-0.25, -0.2) is 0 Å². The highest BCUT2D eigenvalue weighted by Crippen LogP contribution is 2.17. The fourth-order valence-electron chi connectivity index (χ4n) is 2.64. The molecule has 2 rings (SSSR count). The average molecular weight is 212 g/mol. The third-order valence-electron chi connectivity index (χ3n) is 3.90. The number of ether oxygens (including phenoxy) is 1. The molecular formula is C12H24N2O. The van der Waals surface area contributed by atoms with Gasteiger partial charge in [0, 0.05) is 31.8 Å². The molecule has 0 spiro atoms. The molecule has 3 heteroatoms. The van der Waals surface area contributed by atoms with Crippen molar-refractivity contribution in [2.24, 2.45) is 5.92 Å². The second-order valence-electron chi connectivity index (χ2n) is 5.19. The molecule has 2 fully saturated rings. The first-order valence-corrected chi connectivity index (χ1v) is 6.27. The van der Waals surface area contributed by atoms with Crippen LogP contribution in [0.15, 0.2) is 0 Å². The van der Waals surface area contributed by atoms with E-state index in [1.807, 2.05) is 0 Å². The van der Waals surface area contributed by atoms with Crippen LogP contribution in [0.3, 0.4) is 0 Å². The Hall–Kier alpha value is -0.120. The molecule has 1 N–H and O–H groups in total. The first-order valence-electron chi connectivity index (χ1n) is 6.27. The van der Waals surface area contributed by atoms with Crippen molar-refractivity contribution in [2.45, 2.75) is 38.3 Å². The smallest absolute Gasteiger partial charge is 0.0495 e. The van der Waals surface area contributed by atoms with Crippen molar-refractivity contribution in [3.63, 3.8) is 0 Å². The van der Waals surface area contributed by atoms with Crippen LogP contribution in [0.25, 0.3) is 0 Å². The molecule has 2 aliphatic rings. The Kier molecular flexibility index (Phi) is 4.00. The van der Waals surface area contributed by atoms with E-state index in [-0.39, 0.29) is 0 Å². The van der Waals surface area contributed by atoms with Gasteiger partial charge < -0.3 is 15.0 Å². The van der Waals surface area contributed by atoms with Gasteiger partial charge in [0.05, 0.1) is 0 Å². The van der Waals surface area contributed by atoms with Crippen LogP contribution in [-0.2, 0) is 4.74 Å². The largest absolute Gasteiger partial charge is 0.381 e. The molecule has 0 aromatic heterocycles. The highest BCUT2D eigenvalue weighted by molar-refractivity contribution is 4.85. The first kappa shape index (κ1) is 11.4. The Morgan fingerprint density at radius 3 is 2.93 bits per heavy atom. The Morgan fingerprint density at radius 2 is 2.33 bits per heavy atom. The zero-order valence-corrected chi connectivity index (χ0v) is 10.0. The lowest BCUT2D eigenvalue weighted by molar-refractivity contribution is 0.184. The molecule has 0 aliphatic carbocycles. The molecule has 0 amide bonds. The van der Waals surface area contributed by atoms with Crippen molar-refractivity contribution in [1.29, 1.82) is 0 Å². The molecule has 0 radical (unpaired) electrons. The quantitative estimate of drug-likeness (QED) is 0.755. The van der Waals surface area contributed by atoms with Crippen LogP contribution in [0.2, 0.25) is 0 Å². The third kappa shape index (κ3) is 3.16. The van der Waals surface area contributed by atoms with Gasteiger partial charge in [-0.15, -0.1) is 0 Å². The summed E-state index contributed by atoms with van der Waals surface area (Å²) in [7, 11) is 2.22. The predicted molar refractivity (Wildman–Crippen MR) is 62.0 cm³/mol. The maximum absolute atomic E-state index is 5.38. The molecule has 0 bridgehead atoms. The number of nitrogens with zero attached hydrogens (tertiary/aromatic N) is 1. The standard InChI is InChI=1S/C12H24N2O/c1-10-7-12(8-14(10)2)13-5-3-11-4-6-15-9-11/h10-13H,3-9H2,1-2H3. The fourth-order valence-corrected chi connectivity index (χ4v) is 2.64. The molecule has 0 aromatic rings. The molecule has 2 saturated heterocycles. The van der Waals surface area contributed by atoms with Crippen LogP contribution < -0.4 is 5.32 Å². The topological polar surface area (TPSA) is 24.5 Å². The summed E-state index contributed by atoms with van der Waals surface area (Å²) in [6.45, 7) is 6.66. The Balaban J connectivity index is 1.58. The Morgan fingerprint density at radius 1 is 1.47 bits per heavy atom. The zero-order valence-electron chi connectivity index (χ0n) is 10.0. The summed E-state index contributed by atoms with van der Waals surface area (Å²) in [5.41, 5.74) is 0. The van der Waals surface area contributed by atoms with E-state index in [1.165, 1.54) is 32.4 Å². The lowest BCUT2D eigenvalue weighted by Gasteiger charge is -2.14. The highest BCUT2D eigenvalue weighted by atomic mass is 16.5. The van der Waals surface area contributed by atoms with Gasteiger partial charge in [-0.1, -0.05) is 0 Å². The van der Waals surface area contributed by atoms with Crippen LogP contribution in [0.1, 0.15) is 26.2 Å². The van der Waals surface area contributed by atoms with E-state index in [0.717, 1.165) is 25.2 Å². The second-order valence-corrected chi connectivity index (χ2v) is 5.19. The number of rotatable bonds is 4. The molecule has 3 unspecified atom stereocenters. The lowest BCUT2D eigenvalue weighted by atomic mass is 10.1. The normalized spacial score (nSPS) is 37.6. The highest BCUT2D eigenvalue weighted by Gasteiger charge is 2.25. The summed E-state index contributed by atoms with van der Waals surface area (Å²) < 4.78 is 5.38. The van der Waals surface area contributed by atoms with Crippen molar-refractivity contribution in [3.8, 4) is 0 Å². The first-order chi connectivity index (χ1) is 7.25. The molecule has 2 heterocycles. The van der Waals surface area contributed by atoms with E-state index in [9.17, 15) is 0 Å². The summed E-state index contributed by atoms with van der Waals surface area (Å²) in [4.78, 5) is 2.44. The minimum atomic E-state index is 0.715. The second kappa shape index (κ2) is 5.28. The van der Waals surface area contributed by atoms with E-state index in [2.05, 4.69) is 24.2 Å². The molecule has 3 nitrogen and oxygen atoms in total. The van der Waals surface area contributed by atoms with E-state index in [4.69, 9.17) is 4.74 Å². The molecule has 0 aromatic carbocycles. The van der Waals surface area contributed by atoms with Crippen molar-refractivity contribution in [3.05, 3.63) is 0 Å². The van der Waals surface area contributed by atoms with Gasteiger partial charge in [0.15, 0.2) is 0 Å². The van der Waals surface area contributed by atoms with Crippen LogP contribution in [0.5, 0.6) is 0 Å². The zero-order chi connectivity index (χ0) is 10.7. The molecule has 3 atom stereocenters. The van der Waals surface area contributed by atoms with E-state index < -0.39 is 0 Å². The Bertz CT molecular complexity index is 182. The van der Waals surface area contributed by atoms with Crippen LogP contribution in [0.4, 0.5) is 0 Å². The van der Waals surface area contributed by atoms with E-state index >= 15 is 0 Å². The molecule has 2 aliphatic heterocycles. The van der Waals surface area contributed by atoms with Gasteiger partial charge in [0.25, 0.3) is 0 Å². The maximum atomic E-state index is 5.38. The predicted octanol–water partition coefficient (Wildman–Crippen LogP) is 1.10. The number of hydrogen-bond acceptors (Lipinski definition) is 3. The van der Waals surface area contributed by atoms with Crippen molar-refractivity contribution in [2.75, 3.05) is 33.4 Å². The van der Waals surface area contributed by atoms with Gasteiger partial charge >= 0.3 is 0 Å². The summed E-state index contributed by atoms with van der Waals surface area (Å²) in [6.07, 6.45) is 3.86. The number of likely N-dealkylation sites (tertiary alicyclic amines) is 1. The van der Waals surface area contributed by atoms with Crippen LogP contribution >= 0.6 is 0 Å². The summed E-state index contributed by atoms with van der Waals surface area (Å²) in [5.74, 6) is 0.814. The van der Waals surface area contributed by atoms with Gasteiger partial charge in [-0.3, -0.25) is 0 Å². The molecule has 88 valence electrons. The molecule has 0 saturated carbocycles. The van der Waals surface area contributed by atoms with Gasteiger partial charge in [-0.05, 0) is 45.7 Å². The summed E-state index contributed by atoms with van der Waals surface area (Å²) in [5, 5.41) is 3.67. The number of hydrogen-bond donors (Lipinski definition) is 1. The minimum Gasteiger partial charge on any atom is -0.381 e. The molecule has 15 heavy (non-hydrogen) atoms. The van der Waals surface area contributed by atoms with Crippen molar-refractivity contribution >= 4 is 0 Å². The molecular weight excluding hydrogens is 188 g/mol. The number of likely N-dealkylation sites (N-methyl/N-ethyl adjacent to an activating group) is 1. The maximum Gasteiger partial charge on any atom is 0.0495 e. The summed E-state index contributed by atoms with van der Waals surface area (Å²) in [6, 6.07) is 1.46. The SMILES string of the molecule is CC1CC(NCCC2CCOC2)CN1C. The monoisotopic (exact) mass is 212 g/mol. The van der Waals surface area contributed by atoms with E-state index in [1.54, 1.807) is 0 Å². The van der Waals surface area contributed by atoms with Crippen molar-refractivity contribution in [1.82, 2.24) is 10.2 Å². The Labute approximate surface area is 93.2 Å². The average Bonchev–Trinajstić information content (AvgIpc) is 2.79.